The summed E-state index contributed by atoms with van der Waals surface area (Å²) in [5, 5.41) is 4.15. The normalized spacial score (nSPS) is 10.2. The van der Waals surface area contributed by atoms with Gasteiger partial charge >= 0.3 is 0 Å². The van der Waals surface area contributed by atoms with Crippen LogP contribution >= 0.6 is 22.6 Å². The molecule has 1 aromatic carbocycles. The van der Waals surface area contributed by atoms with Gasteiger partial charge in [0.2, 0.25) is 0 Å². The summed E-state index contributed by atoms with van der Waals surface area (Å²) in [4.78, 5) is 11.5. The number of amides is 1. The van der Waals surface area contributed by atoms with Crippen LogP contribution in [-0.4, -0.2) is 22.3 Å². The van der Waals surface area contributed by atoms with Crippen LogP contribution in [0.4, 0.5) is 0 Å². The van der Waals surface area contributed by atoms with Crippen molar-refractivity contribution >= 4 is 28.5 Å². The van der Waals surface area contributed by atoms with Crippen molar-refractivity contribution in [3.63, 3.8) is 0 Å². The molecule has 0 spiro atoms. The van der Waals surface area contributed by atoms with Gasteiger partial charge in [-0.15, -0.1) is 0 Å². The van der Waals surface area contributed by atoms with E-state index >= 15 is 0 Å². The van der Waals surface area contributed by atoms with E-state index in [0.29, 0.717) is 24.5 Å². The minimum Gasteiger partial charge on any atom is -0.491 e. The average molecular weight is 372 g/mol. The van der Waals surface area contributed by atoms with Gasteiger partial charge in [0.1, 0.15) is 12.4 Å². The highest BCUT2D eigenvalue weighted by atomic mass is 127. The largest absolute Gasteiger partial charge is 0.491 e. The van der Waals surface area contributed by atoms with E-state index in [1.54, 1.807) is 35.1 Å². The SMILES string of the molecule is NNC(=O)c1ccccc1OCCn1cc(I)cn1. The van der Waals surface area contributed by atoms with Gasteiger partial charge < -0.3 is 4.74 Å². The standard InChI is InChI=1S/C12H13IN4O2/c13-9-7-15-17(8-9)5-6-19-11-4-2-1-3-10(11)12(18)16-14/h1-4,7-8H,5-6,14H2,(H,16,18). The number of hydrazine groups is 1. The second-order valence-corrected chi connectivity index (χ2v) is 4.99. The third kappa shape index (κ3) is 3.67. The summed E-state index contributed by atoms with van der Waals surface area (Å²) in [6, 6.07) is 6.96. The topological polar surface area (TPSA) is 82.2 Å². The van der Waals surface area contributed by atoms with Crippen molar-refractivity contribution in [3.05, 3.63) is 45.8 Å². The molecule has 1 heterocycles. The zero-order valence-corrected chi connectivity index (χ0v) is 12.2. The van der Waals surface area contributed by atoms with E-state index in [0.717, 1.165) is 3.57 Å². The first-order valence-corrected chi connectivity index (χ1v) is 6.69. The van der Waals surface area contributed by atoms with E-state index in [1.165, 1.54) is 0 Å². The molecule has 2 rings (SSSR count). The van der Waals surface area contributed by atoms with Crippen LogP contribution < -0.4 is 16.0 Å². The minimum absolute atomic E-state index is 0.371. The van der Waals surface area contributed by atoms with Crippen molar-refractivity contribution in [1.82, 2.24) is 15.2 Å². The van der Waals surface area contributed by atoms with Crippen LogP contribution in [0.3, 0.4) is 0 Å². The van der Waals surface area contributed by atoms with Crippen LogP contribution in [0.2, 0.25) is 0 Å². The molecule has 3 N–H and O–H groups in total. The van der Waals surface area contributed by atoms with Crippen molar-refractivity contribution < 1.29 is 9.53 Å². The number of nitrogens with zero attached hydrogens (tertiary/aromatic N) is 2. The number of ether oxygens (including phenoxy) is 1. The molecule has 2 aromatic rings. The van der Waals surface area contributed by atoms with Gasteiger partial charge in [-0.1, -0.05) is 12.1 Å². The third-order valence-corrected chi connectivity index (χ3v) is 3.00. The zero-order valence-electron chi connectivity index (χ0n) is 10.0. The summed E-state index contributed by atoms with van der Waals surface area (Å²) < 4.78 is 8.45. The maximum atomic E-state index is 11.5. The molecule has 100 valence electrons. The molecule has 0 aliphatic carbocycles. The molecule has 0 radical (unpaired) electrons. The number of nitrogens with two attached hydrogens (primary N) is 1. The van der Waals surface area contributed by atoms with Crippen LogP contribution in [0.15, 0.2) is 36.7 Å². The Hall–Kier alpha value is -1.61. The summed E-state index contributed by atoms with van der Waals surface area (Å²) in [7, 11) is 0. The van der Waals surface area contributed by atoms with Crippen molar-refractivity contribution in [2.45, 2.75) is 6.54 Å². The number of benzene rings is 1. The maximum Gasteiger partial charge on any atom is 0.268 e. The molecule has 0 fully saturated rings. The predicted molar refractivity (Wildman–Crippen MR) is 78.5 cm³/mol. The Morgan fingerprint density at radius 2 is 2.26 bits per heavy atom. The minimum atomic E-state index is -0.371. The summed E-state index contributed by atoms with van der Waals surface area (Å²) in [5.41, 5.74) is 2.51. The molecule has 7 heteroatoms. The van der Waals surface area contributed by atoms with E-state index in [2.05, 4.69) is 33.1 Å². The van der Waals surface area contributed by atoms with E-state index in [-0.39, 0.29) is 5.91 Å². The lowest BCUT2D eigenvalue weighted by Crippen LogP contribution is -2.30. The number of rotatable bonds is 5. The van der Waals surface area contributed by atoms with Gasteiger partial charge in [-0.25, -0.2) is 5.84 Å². The fourth-order valence-corrected chi connectivity index (χ4v) is 2.01. The monoisotopic (exact) mass is 372 g/mol. The maximum absolute atomic E-state index is 11.5. The summed E-state index contributed by atoms with van der Waals surface area (Å²) in [5.74, 6) is 5.26. The molecule has 6 nitrogen and oxygen atoms in total. The molecule has 0 saturated heterocycles. The number of carbonyl (C=O) groups is 1. The van der Waals surface area contributed by atoms with E-state index in [4.69, 9.17) is 10.6 Å². The number of nitrogen functional groups attached to an aromatic ring is 1. The van der Waals surface area contributed by atoms with Crippen LogP contribution in [0, 0.1) is 3.57 Å². The average Bonchev–Trinajstić information content (AvgIpc) is 2.84. The Bertz CT molecular complexity index is 570. The molecule has 0 saturated carbocycles. The molecule has 0 unspecified atom stereocenters. The van der Waals surface area contributed by atoms with Gasteiger partial charge in [0.25, 0.3) is 5.91 Å². The first-order valence-electron chi connectivity index (χ1n) is 5.61. The van der Waals surface area contributed by atoms with Crippen molar-refractivity contribution in [2.24, 2.45) is 5.84 Å². The first kappa shape index (κ1) is 13.8. The van der Waals surface area contributed by atoms with E-state index in [9.17, 15) is 4.79 Å². The fourth-order valence-electron chi connectivity index (χ4n) is 1.57. The molecule has 1 aromatic heterocycles. The lowest BCUT2D eigenvalue weighted by atomic mass is 10.2. The van der Waals surface area contributed by atoms with Gasteiger partial charge in [0, 0.05) is 6.20 Å². The Morgan fingerprint density at radius 1 is 1.47 bits per heavy atom. The number of hydrogen-bond donors (Lipinski definition) is 2. The summed E-state index contributed by atoms with van der Waals surface area (Å²) in [6.45, 7) is 1.04. The van der Waals surface area contributed by atoms with E-state index < -0.39 is 0 Å². The highest BCUT2D eigenvalue weighted by Gasteiger charge is 2.10. The molecule has 0 bridgehead atoms. The van der Waals surface area contributed by atoms with Gasteiger partial charge in [-0.05, 0) is 34.7 Å². The fraction of sp³-hybridized carbons (Fsp3) is 0.167. The van der Waals surface area contributed by atoms with Crippen LogP contribution in [0.1, 0.15) is 10.4 Å². The Labute approximate surface area is 124 Å². The van der Waals surface area contributed by atoms with Crippen LogP contribution in [0.25, 0.3) is 0 Å². The molecule has 19 heavy (non-hydrogen) atoms. The molecule has 0 atom stereocenters. The van der Waals surface area contributed by atoms with Gasteiger partial charge in [-0.2, -0.15) is 5.10 Å². The number of hydrogen-bond acceptors (Lipinski definition) is 4. The Kier molecular flexibility index (Phi) is 4.74. The van der Waals surface area contributed by atoms with Crippen LogP contribution in [0.5, 0.6) is 5.75 Å². The van der Waals surface area contributed by atoms with Crippen molar-refractivity contribution in [1.29, 1.82) is 0 Å². The Morgan fingerprint density at radius 3 is 2.95 bits per heavy atom. The predicted octanol–water partition coefficient (Wildman–Crippen LogP) is 1.17. The van der Waals surface area contributed by atoms with Crippen molar-refractivity contribution in [2.75, 3.05) is 6.61 Å². The molecular formula is C12H13IN4O2. The van der Waals surface area contributed by atoms with E-state index in [1.807, 2.05) is 6.20 Å². The molecular weight excluding hydrogens is 359 g/mol. The number of halogens is 1. The number of para-hydroxylation sites is 1. The lowest BCUT2D eigenvalue weighted by Gasteiger charge is -2.10. The highest BCUT2D eigenvalue weighted by Crippen LogP contribution is 2.17. The van der Waals surface area contributed by atoms with Gasteiger partial charge in [-0.3, -0.25) is 14.9 Å². The second kappa shape index (κ2) is 6.53. The Balaban J connectivity index is 1.97. The summed E-state index contributed by atoms with van der Waals surface area (Å²) in [6.07, 6.45) is 3.69. The third-order valence-electron chi connectivity index (χ3n) is 2.44. The second-order valence-electron chi connectivity index (χ2n) is 3.74. The number of aromatic nitrogens is 2. The van der Waals surface area contributed by atoms with Gasteiger partial charge in [0.05, 0.1) is 21.9 Å². The molecule has 0 aliphatic rings. The van der Waals surface area contributed by atoms with Crippen LogP contribution in [-0.2, 0) is 6.54 Å². The smallest absolute Gasteiger partial charge is 0.268 e. The van der Waals surface area contributed by atoms with Crippen molar-refractivity contribution in [3.8, 4) is 5.75 Å². The zero-order chi connectivity index (χ0) is 13.7. The molecule has 1 amide bonds. The summed E-state index contributed by atoms with van der Waals surface area (Å²) >= 11 is 2.19. The lowest BCUT2D eigenvalue weighted by molar-refractivity contribution is 0.0949. The quantitative estimate of drug-likeness (QED) is 0.357. The highest BCUT2D eigenvalue weighted by molar-refractivity contribution is 14.1. The van der Waals surface area contributed by atoms with Gasteiger partial charge in [0.15, 0.2) is 0 Å². The number of carbonyl (C=O) groups excluding carboxylic acids is 1. The molecule has 0 aliphatic heterocycles. The first-order chi connectivity index (χ1) is 9.20. The number of nitrogens with one attached hydrogen (secondary N) is 1.